The van der Waals surface area contributed by atoms with E-state index >= 15 is 0 Å². The lowest BCUT2D eigenvalue weighted by Crippen LogP contribution is -2.43. The molecule has 2 aromatic rings. The Morgan fingerprint density at radius 3 is 2.23 bits per heavy atom. The first-order chi connectivity index (χ1) is 12.7. The lowest BCUT2D eigenvalue weighted by atomic mass is 9.95. The standard InChI is InChI=1S/C20H24N4O2/c25-19(16-3-5-18(6-4-16)24-14-9-21-15-24)23-12-7-17(8-13-23)20(26)22-10-1-2-11-22/h3-6,9,14-15,17H,1-2,7-8,10-13H2. The summed E-state index contributed by atoms with van der Waals surface area (Å²) >= 11 is 0. The molecule has 136 valence electrons. The summed E-state index contributed by atoms with van der Waals surface area (Å²) in [5.41, 5.74) is 1.67. The minimum absolute atomic E-state index is 0.0502. The van der Waals surface area contributed by atoms with E-state index in [2.05, 4.69) is 4.98 Å². The van der Waals surface area contributed by atoms with Gasteiger partial charge in [-0.25, -0.2) is 4.98 Å². The lowest BCUT2D eigenvalue weighted by Gasteiger charge is -2.33. The van der Waals surface area contributed by atoms with Gasteiger partial charge < -0.3 is 14.4 Å². The molecular formula is C20H24N4O2. The largest absolute Gasteiger partial charge is 0.342 e. The maximum absolute atomic E-state index is 12.7. The van der Waals surface area contributed by atoms with E-state index in [9.17, 15) is 9.59 Å². The molecule has 4 rings (SSSR count). The van der Waals surface area contributed by atoms with Gasteiger partial charge in [0.05, 0.1) is 6.33 Å². The second-order valence-electron chi connectivity index (χ2n) is 7.12. The summed E-state index contributed by atoms with van der Waals surface area (Å²) in [5.74, 6) is 0.425. The highest BCUT2D eigenvalue weighted by atomic mass is 16.2. The van der Waals surface area contributed by atoms with Crippen molar-refractivity contribution in [3.63, 3.8) is 0 Å². The molecule has 1 aromatic carbocycles. The Morgan fingerprint density at radius 2 is 1.62 bits per heavy atom. The SMILES string of the molecule is O=C(c1ccc(-n2ccnc2)cc1)N1CCC(C(=O)N2CCCC2)CC1. The second-order valence-corrected chi connectivity index (χ2v) is 7.12. The van der Waals surface area contributed by atoms with Crippen molar-refractivity contribution in [1.29, 1.82) is 0 Å². The molecule has 0 aliphatic carbocycles. The van der Waals surface area contributed by atoms with E-state index < -0.39 is 0 Å². The van der Waals surface area contributed by atoms with Crippen LogP contribution in [0.25, 0.3) is 5.69 Å². The molecule has 2 fully saturated rings. The van der Waals surface area contributed by atoms with Gasteiger partial charge in [-0.1, -0.05) is 0 Å². The van der Waals surface area contributed by atoms with Crippen molar-refractivity contribution in [2.45, 2.75) is 25.7 Å². The predicted octanol–water partition coefficient (Wildman–Crippen LogP) is 2.35. The molecule has 2 aliphatic rings. The number of likely N-dealkylation sites (tertiary alicyclic amines) is 2. The van der Waals surface area contributed by atoms with Crippen LogP contribution in [0.2, 0.25) is 0 Å². The highest BCUT2D eigenvalue weighted by Gasteiger charge is 2.31. The number of nitrogens with zero attached hydrogens (tertiary/aromatic N) is 4. The van der Waals surface area contributed by atoms with Crippen LogP contribution in [0.5, 0.6) is 0 Å². The van der Waals surface area contributed by atoms with E-state index in [1.165, 1.54) is 0 Å². The van der Waals surface area contributed by atoms with E-state index in [0.717, 1.165) is 44.5 Å². The van der Waals surface area contributed by atoms with Crippen LogP contribution in [0.15, 0.2) is 43.0 Å². The Morgan fingerprint density at radius 1 is 0.923 bits per heavy atom. The van der Waals surface area contributed by atoms with Gasteiger partial charge in [-0.15, -0.1) is 0 Å². The number of aromatic nitrogens is 2. The molecule has 2 aliphatic heterocycles. The summed E-state index contributed by atoms with van der Waals surface area (Å²) in [6.07, 6.45) is 9.13. The molecule has 3 heterocycles. The van der Waals surface area contributed by atoms with Crippen molar-refractivity contribution in [2.24, 2.45) is 5.92 Å². The Kier molecular flexibility index (Phi) is 4.73. The number of piperidine rings is 1. The van der Waals surface area contributed by atoms with Crippen molar-refractivity contribution in [1.82, 2.24) is 19.4 Å². The molecule has 0 unspecified atom stereocenters. The summed E-state index contributed by atoms with van der Waals surface area (Å²) in [7, 11) is 0. The van der Waals surface area contributed by atoms with Gasteiger partial charge in [-0.05, 0) is 49.9 Å². The van der Waals surface area contributed by atoms with Crippen LogP contribution in [0.1, 0.15) is 36.0 Å². The molecule has 0 atom stereocenters. The summed E-state index contributed by atoms with van der Waals surface area (Å²) in [5, 5.41) is 0. The van der Waals surface area contributed by atoms with E-state index in [1.807, 2.05) is 44.8 Å². The van der Waals surface area contributed by atoms with Crippen LogP contribution in [-0.2, 0) is 4.79 Å². The molecule has 0 spiro atoms. The smallest absolute Gasteiger partial charge is 0.253 e. The van der Waals surface area contributed by atoms with Crippen LogP contribution in [0, 0.1) is 5.92 Å². The third kappa shape index (κ3) is 3.36. The average molecular weight is 352 g/mol. The molecule has 6 heteroatoms. The van der Waals surface area contributed by atoms with Crippen LogP contribution < -0.4 is 0 Å². The van der Waals surface area contributed by atoms with Gasteiger partial charge in [0.2, 0.25) is 5.91 Å². The van der Waals surface area contributed by atoms with Crippen molar-refractivity contribution in [2.75, 3.05) is 26.2 Å². The Hall–Kier alpha value is -2.63. The van der Waals surface area contributed by atoms with Gasteiger partial charge in [0.15, 0.2) is 0 Å². The topological polar surface area (TPSA) is 58.4 Å². The number of benzene rings is 1. The Bertz CT molecular complexity index is 756. The predicted molar refractivity (Wildman–Crippen MR) is 98.0 cm³/mol. The van der Waals surface area contributed by atoms with Gasteiger partial charge >= 0.3 is 0 Å². The lowest BCUT2D eigenvalue weighted by molar-refractivity contribution is -0.135. The average Bonchev–Trinajstić information content (AvgIpc) is 3.41. The highest BCUT2D eigenvalue weighted by Crippen LogP contribution is 2.23. The number of hydrogen-bond acceptors (Lipinski definition) is 3. The summed E-state index contributed by atoms with van der Waals surface area (Å²) in [6, 6.07) is 7.58. The first-order valence-corrected chi connectivity index (χ1v) is 9.39. The normalized spacial score (nSPS) is 18.3. The van der Waals surface area contributed by atoms with Gasteiger partial charge in [-0.3, -0.25) is 9.59 Å². The van der Waals surface area contributed by atoms with Crippen molar-refractivity contribution >= 4 is 11.8 Å². The monoisotopic (exact) mass is 352 g/mol. The molecular weight excluding hydrogens is 328 g/mol. The Balaban J connectivity index is 1.35. The van der Waals surface area contributed by atoms with E-state index in [4.69, 9.17) is 0 Å². The highest BCUT2D eigenvalue weighted by molar-refractivity contribution is 5.94. The molecule has 2 saturated heterocycles. The fraction of sp³-hybridized carbons (Fsp3) is 0.450. The fourth-order valence-corrected chi connectivity index (χ4v) is 3.90. The van der Waals surface area contributed by atoms with Crippen molar-refractivity contribution < 1.29 is 9.59 Å². The van der Waals surface area contributed by atoms with E-state index in [1.54, 1.807) is 12.5 Å². The molecule has 1 aromatic heterocycles. The van der Waals surface area contributed by atoms with Crippen molar-refractivity contribution in [3.8, 4) is 5.69 Å². The number of hydrogen-bond donors (Lipinski definition) is 0. The minimum atomic E-state index is 0.0502. The van der Waals surface area contributed by atoms with Gasteiger partial charge in [-0.2, -0.15) is 0 Å². The summed E-state index contributed by atoms with van der Waals surface area (Å²) in [4.78, 5) is 33.2. The first-order valence-electron chi connectivity index (χ1n) is 9.39. The van der Waals surface area contributed by atoms with Gasteiger partial charge in [0.1, 0.15) is 0 Å². The number of carbonyl (C=O) groups excluding carboxylic acids is 2. The summed E-state index contributed by atoms with van der Waals surface area (Å²) < 4.78 is 1.91. The minimum Gasteiger partial charge on any atom is -0.342 e. The molecule has 0 radical (unpaired) electrons. The van der Waals surface area contributed by atoms with E-state index in [-0.39, 0.29) is 11.8 Å². The van der Waals surface area contributed by atoms with Crippen LogP contribution in [-0.4, -0.2) is 57.3 Å². The number of imidazole rings is 1. The zero-order valence-electron chi connectivity index (χ0n) is 14.9. The van der Waals surface area contributed by atoms with Gasteiger partial charge in [0.25, 0.3) is 5.91 Å². The number of rotatable bonds is 3. The number of amides is 2. The molecule has 0 bridgehead atoms. The van der Waals surface area contributed by atoms with Gasteiger partial charge in [0, 0.05) is 55.7 Å². The second kappa shape index (κ2) is 7.32. The van der Waals surface area contributed by atoms with Crippen molar-refractivity contribution in [3.05, 3.63) is 48.5 Å². The van der Waals surface area contributed by atoms with Crippen LogP contribution in [0.4, 0.5) is 0 Å². The fourth-order valence-electron chi connectivity index (χ4n) is 3.90. The maximum atomic E-state index is 12.7. The first kappa shape index (κ1) is 16.8. The molecule has 0 N–H and O–H groups in total. The summed E-state index contributed by atoms with van der Waals surface area (Å²) in [6.45, 7) is 3.13. The molecule has 2 amide bonds. The van der Waals surface area contributed by atoms with Crippen LogP contribution in [0.3, 0.4) is 0 Å². The van der Waals surface area contributed by atoms with Crippen LogP contribution >= 0.6 is 0 Å². The number of carbonyl (C=O) groups is 2. The zero-order valence-corrected chi connectivity index (χ0v) is 14.9. The molecule has 26 heavy (non-hydrogen) atoms. The Labute approximate surface area is 153 Å². The zero-order chi connectivity index (χ0) is 17.9. The maximum Gasteiger partial charge on any atom is 0.253 e. The molecule has 6 nitrogen and oxygen atoms in total. The third-order valence-electron chi connectivity index (χ3n) is 5.47. The quantitative estimate of drug-likeness (QED) is 0.852. The third-order valence-corrected chi connectivity index (χ3v) is 5.47. The molecule has 0 saturated carbocycles. The van der Waals surface area contributed by atoms with E-state index in [0.29, 0.717) is 24.6 Å².